The fourth-order valence-corrected chi connectivity index (χ4v) is 2.62. The summed E-state index contributed by atoms with van der Waals surface area (Å²) in [6.07, 6.45) is 0. The van der Waals surface area contributed by atoms with Crippen molar-refractivity contribution in [3.63, 3.8) is 0 Å². The summed E-state index contributed by atoms with van der Waals surface area (Å²) in [7, 11) is 1.57. The monoisotopic (exact) mass is 362 g/mol. The van der Waals surface area contributed by atoms with Crippen LogP contribution in [-0.2, 0) is 11.9 Å². The SMILES string of the molecule is Cn1c(N)nc2c(F)c(-c3ccccc3F)c(C(=O)NOCCO)cc21. The van der Waals surface area contributed by atoms with Crippen molar-refractivity contribution in [2.75, 3.05) is 18.9 Å². The molecule has 0 saturated carbocycles. The molecule has 2 aromatic carbocycles. The second-order valence-corrected chi connectivity index (χ2v) is 5.49. The lowest BCUT2D eigenvalue weighted by atomic mass is 9.97. The van der Waals surface area contributed by atoms with Crippen LogP contribution in [-0.4, -0.2) is 33.8 Å². The van der Waals surface area contributed by atoms with E-state index in [0.29, 0.717) is 0 Å². The third kappa shape index (κ3) is 2.98. The van der Waals surface area contributed by atoms with E-state index in [1.54, 1.807) is 7.05 Å². The molecular weight excluding hydrogens is 346 g/mol. The number of carbonyl (C=O) groups is 1. The molecule has 1 amide bonds. The van der Waals surface area contributed by atoms with Gasteiger partial charge in [0.15, 0.2) is 5.82 Å². The maximum atomic E-state index is 15.2. The second kappa shape index (κ2) is 7.06. The van der Waals surface area contributed by atoms with Gasteiger partial charge in [-0.05, 0) is 12.1 Å². The molecule has 0 radical (unpaired) electrons. The van der Waals surface area contributed by atoms with Crippen molar-refractivity contribution in [2.45, 2.75) is 0 Å². The Bertz CT molecular complexity index is 988. The normalized spacial score (nSPS) is 11.1. The van der Waals surface area contributed by atoms with Gasteiger partial charge in [-0.2, -0.15) is 0 Å². The smallest absolute Gasteiger partial charge is 0.275 e. The molecule has 0 fully saturated rings. The van der Waals surface area contributed by atoms with Crippen LogP contribution in [0.1, 0.15) is 10.4 Å². The first-order valence-electron chi connectivity index (χ1n) is 7.68. The summed E-state index contributed by atoms with van der Waals surface area (Å²) in [5, 5.41) is 8.73. The van der Waals surface area contributed by atoms with Crippen molar-refractivity contribution in [3.05, 3.63) is 47.5 Å². The van der Waals surface area contributed by atoms with Gasteiger partial charge < -0.3 is 15.4 Å². The number of hydrogen-bond donors (Lipinski definition) is 3. The number of anilines is 1. The minimum Gasteiger partial charge on any atom is -0.394 e. The Balaban J connectivity index is 2.26. The molecule has 0 aliphatic heterocycles. The van der Waals surface area contributed by atoms with Crippen LogP contribution >= 0.6 is 0 Å². The highest BCUT2D eigenvalue weighted by molar-refractivity contribution is 6.04. The summed E-state index contributed by atoms with van der Waals surface area (Å²) in [5.74, 6) is -2.31. The molecule has 0 atom stereocenters. The average Bonchev–Trinajstić information content (AvgIpc) is 2.91. The predicted molar refractivity (Wildman–Crippen MR) is 91.0 cm³/mol. The summed E-state index contributed by atoms with van der Waals surface area (Å²) in [5.41, 5.74) is 7.52. The first-order chi connectivity index (χ1) is 12.5. The molecule has 0 spiro atoms. The topological polar surface area (TPSA) is 102 Å². The van der Waals surface area contributed by atoms with Gasteiger partial charge in [0, 0.05) is 18.2 Å². The number of hydrogen-bond acceptors (Lipinski definition) is 5. The zero-order chi connectivity index (χ0) is 18.8. The number of nitrogens with two attached hydrogens (primary N) is 1. The molecule has 4 N–H and O–H groups in total. The number of aliphatic hydroxyl groups is 1. The summed E-state index contributed by atoms with van der Waals surface area (Å²) in [4.78, 5) is 21.2. The van der Waals surface area contributed by atoms with Crippen LogP contribution in [0.5, 0.6) is 0 Å². The largest absolute Gasteiger partial charge is 0.394 e. The van der Waals surface area contributed by atoms with Crippen molar-refractivity contribution in [1.29, 1.82) is 0 Å². The average molecular weight is 362 g/mol. The number of amides is 1. The molecule has 7 nitrogen and oxygen atoms in total. The van der Waals surface area contributed by atoms with Crippen LogP contribution in [0.2, 0.25) is 0 Å². The van der Waals surface area contributed by atoms with Gasteiger partial charge in [0.2, 0.25) is 5.95 Å². The van der Waals surface area contributed by atoms with Crippen LogP contribution in [0.15, 0.2) is 30.3 Å². The lowest BCUT2D eigenvalue weighted by Gasteiger charge is -2.13. The first kappa shape index (κ1) is 17.8. The molecule has 1 aromatic heterocycles. The van der Waals surface area contributed by atoms with Gasteiger partial charge in [-0.15, -0.1) is 0 Å². The molecule has 0 unspecified atom stereocenters. The van der Waals surface area contributed by atoms with Crippen molar-refractivity contribution in [2.24, 2.45) is 7.05 Å². The molecule has 26 heavy (non-hydrogen) atoms. The Morgan fingerprint density at radius 1 is 1.38 bits per heavy atom. The van der Waals surface area contributed by atoms with Crippen molar-refractivity contribution < 1.29 is 23.5 Å². The summed E-state index contributed by atoms with van der Waals surface area (Å²) in [6.45, 7) is -0.462. The molecule has 3 aromatic rings. The minimum atomic E-state index is -0.868. The number of nitrogens with one attached hydrogen (secondary N) is 1. The lowest BCUT2D eigenvalue weighted by Crippen LogP contribution is -2.26. The van der Waals surface area contributed by atoms with Crippen molar-refractivity contribution in [1.82, 2.24) is 15.0 Å². The summed E-state index contributed by atoms with van der Waals surface area (Å²) < 4.78 is 30.9. The van der Waals surface area contributed by atoms with Gasteiger partial charge in [-0.1, -0.05) is 18.2 Å². The third-order valence-corrected chi connectivity index (χ3v) is 3.90. The highest BCUT2D eigenvalue weighted by Gasteiger charge is 2.25. The number of rotatable bonds is 5. The van der Waals surface area contributed by atoms with E-state index in [2.05, 4.69) is 10.5 Å². The fourth-order valence-electron chi connectivity index (χ4n) is 2.62. The zero-order valence-electron chi connectivity index (χ0n) is 13.8. The molecule has 0 saturated heterocycles. The van der Waals surface area contributed by atoms with Crippen LogP contribution < -0.4 is 11.2 Å². The molecular formula is C17H16F2N4O3. The van der Waals surface area contributed by atoms with Crippen LogP contribution in [0.3, 0.4) is 0 Å². The van der Waals surface area contributed by atoms with Crippen LogP contribution in [0, 0.1) is 11.6 Å². The quantitative estimate of drug-likeness (QED) is 0.474. The number of fused-ring (bicyclic) bond motifs is 1. The maximum Gasteiger partial charge on any atom is 0.275 e. The summed E-state index contributed by atoms with van der Waals surface area (Å²) in [6, 6.07) is 6.87. The molecule has 9 heteroatoms. The second-order valence-electron chi connectivity index (χ2n) is 5.49. The number of benzene rings is 2. The van der Waals surface area contributed by atoms with Crippen LogP contribution in [0.4, 0.5) is 14.7 Å². The number of nitrogens with zero attached hydrogens (tertiary/aromatic N) is 2. The molecule has 0 aliphatic carbocycles. The highest BCUT2D eigenvalue weighted by atomic mass is 19.1. The number of aryl methyl sites for hydroxylation is 1. The molecule has 0 bridgehead atoms. The Morgan fingerprint density at radius 2 is 2.12 bits per heavy atom. The van der Waals surface area contributed by atoms with E-state index in [4.69, 9.17) is 15.7 Å². The number of nitrogen functional groups attached to an aromatic ring is 1. The lowest BCUT2D eigenvalue weighted by molar-refractivity contribution is 0.0168. The minimum absolute atomic E-state index is 0.0486. The maximum absolute atomic E-state index is 15.2. The summed E-state index contributed by atoms with van der Waals surface area (Å²) >= 11 is 0. The Morgan fingerprint density at radius 3 is 2.81 bits per heavy atom. The number of hydroxylamine groups is 1. The predicted octanol–water partition coefficient (Wildman–Crippen LogP) is 1.75. The molecule has 1 heterocycles. The van der Waals surface area contributed by atoms with E-state index < -0.39 is 17.5 Å². The van der Waals surface area contributed by atoms with Crippen LogP contribution in [0.25, 0.3) is 22.2 Å². The van der Waals surface area contributed by atoms with Gasteiger partial charge in [0.05, 0.1) is 24.3 Å². The van der Waals surface area contributed by atoms with Gasteiger partial charge >= 0.3 is 0 Å². The number of imidazole rings is 1. The fraction of sp³-hybridized carbons (Fsp3) is 0.176. The highest BCUT2D eigenvalue weighted by Crippen LogP contribution is 2.34. The van der Waals surface area contributed by atoms with Crippen molar-refractivity contribution in [3.8, 4) is 11.1 Å². The van der Waals surface area contributed by atoms with Gasteiger partial charge in [-0.3, -0.25) is 9.63 Å². The number of halogens is 2. The van der Waals surface area contributed by atoms with E-state index in [1.165, 1.54) is 28.8 Å². The Hall–Kier alpha value is -3.04. The Labute approximate surface area is 147 Å². The van der Waals surface area contributed by atoms with E-state index in [0.717, 1.165) is 6.07 Å². The standard InChI is InChI=1S/C17H16F2N4O3/c1-23-12-8-10(16(25)22-26-7-6-24)13(9-4-2-3-5-11(9)18)14(19)15(12)21-17(23)20/h2-5,8,24H,6-7H2,1H3,(H2,20,21)(H,22,25). The van der Waals surface area contributed by atoms with Crippen molar-refractivity contribution >= 4 is 22.9 Å². The molecule has 3 rings (SSSR count). The van der Waals surface area contributed by atoms with Gasteiger partial charge in [-0.25, -0.2) is 19.2 Å². The van der Waals surface area contributed by atoms with Gasteiger partial charge in [0.25, 0.3) is 5.91 Å². The molecule has 0 aliphatic rings. The van der Waals surface area contributed by atoms with E-state index in [-0.39, 0.29) is 46.9 Å². The van der Waals surface area contributed by atoms with E-state index >= 15 is 4.39 Å². The first-order valence-corrected chi connectivity index (χ1v) is 7.68. The number of carbonyl (C=O) groups excluding carboxylic acids is 1. The number of aliphatic hydroxyl groups excluding tert-OH is 1. The van der Waals surface area contributed by atoms with E-state index in [1.807, 2.05) is 0 Å². The van der Waals surface area contributed by atoms with Gasteiger partial charge in [0.1, 0.15) is 11.3 Å². The Kier molecular flexibility index (Phi) is 4.83. The van der Waals surface area contributed by atoms with E-state index in [9.17, 15) is 9.18 Å². The third-order valence-electron chi connectivity index (χ3n) is 3.90. The number of aromatic nitrogens is 2. The molecule has 136 valence electrons. The zero-order valence-corrected chi connectivity index (χ0v) is 13.8.